The highest BCUT2D eigenvalue weighted by Gasteiger charge is 2.29. The molecule has 9 nitrogen and oxygen atoms in total. The van der Waals surface area contributed by atoms with Crippen molar-refractivity contribution in [1.29, 1.82) is 0 Å². The third-order valence-electron chi connectivity index (χ3n) is 4.11. The van der Waals surface area contributed by atoms with Crippen molar-refractivity contribution in [2.24, 2.45) is 5.73 Å². The Morgan fingerprint density at radius 2 is 2.19 bits per heavy atom. The second-order valence-electron chi connectivity index (χ2n) is 5.72. The molecule has 1 aliphatic rings. The van der Waals surface area contributed by atoms with E-state index in [1.165, 1.54) is 13.4 Å². The summed E-state index contributed by atoms with van der Waals surface area (Å²) in [5, 5.41) is 12.6. The van der Waals surface area contributed by atoms with Crippen LogP contribution in [-0.2, 0) is 11.3 Å². The van der Waals surface area contributed by atoms with Crippen LogP contribution in [0, 0.1) is 0 Å². The molecule has 0 radical (unpaired) electrons. The number of nitrogens with one attached hydrogen (secondary N) is 1. The number of nitrogens with two attached hydrogens (primary N) is 1. The topological polar surface area (TPSA) is 124 Å². The molecule has 138 valence electrons. The summed E-state index contributed by atoms with van der Waals surface area (Å²) in [4.78, 5) is 17.1. The molecule has 4 heterocycles. The summed E-state index contributed by atoms with van der Waals surface area (Å²) in [6.07, 6.45) is 8.04. The molecule has 1 saturated heterocycles. The molecule has 0 bridgehead atoms. The summed E-state index contributed by atoms with van der Waals surface area (Å²) in [5.74, 6) is 0.679. The second-order valence-corrected chi connectivity index (χ2v) is 5.72. The van der Waals surface area contributed by atoms with Crippen LogP contribution in [0.15, 0.2) is 37.1 Å². The summed E-state index contributed by atoms with van der Waals surface area (Å²) < 4.78 is 7.86. The van der Waals surface area contributed by atoms with E-state index in [0.717, 1.165) is 24.1 Å². The third-order valence-corrected chi connectivity index (χ3v) is 4.11. The quantitative estimate of drug-likeness (QED) is 0.619. The van der Waals surface area contributed by atoms with Gasteiger partial charge >= 0.3 is 0 Å². The monoisotopic (exact) mass is 357 g/mol. The van der Waals surface area contributed by atoms with Crippen molar-refractivity contribution in [3.05, 3.63) is 42.6 Å². The van der Waals surface area contributed by atoms with Gasteiger partial charge in [-0.3, -0.25) is 9.55 Å². The number of nitrogens with zero attached hydrogens (tertiary/aromatic N) is 5. The molecule has 0 spiro atoms. The molecule has 2 unspecified atom stereocenters. The van der Waals surface area contributed by atoms with Gasteiger partial charge in [0.15, 0.2) is 5.65 Å². The van der Waals surface area contributed by atoms with Gasteiger partial charge in [-0.05, 0) is 31.5 Å². The maximum absolute atomic E-state index is 9.32. The number of imidazole rings is 1. The van der Waals surface area contributed by atoms with Gasteiger partial charge in [0.2, 0.25) is 5.95 Å². The number of anilines is 1. The zero-order valence-corrected chi connectivity index (χ0v) is 14.6. The lowest BCUT2D eigenvalue weighted by molar-refractivity contribution is -0.0197. The van der Waals surface area contributed by atoms with E-state index in [2.05, 4.69) is 31.0 Å². The van der Waals surface area contributed by atoms with Crippen molar-refractivity contribution in [2.75, 3.05) is 19.0 Å². The van der Waals surface area contributed by atoms with Crippen LogP contribution < -0.4 is 11.1 Å². The Labute approximate surface area is 151 Å². The number of aliphatic hydroxyl groups excluding tert-OH is 1. The standard InChI is InChI=1S/C16H18N6O2.CH5N/c23-9-12-3-4-14(24-12)22-15-13(8-18-10-20-15)21-16(22)19-7-11-2-1-5-17-6-11;1-2/h1-2,5-6,8,10,12,14,23H,3-4,7,9H2,(H,19,21);2H2,1H3. The zero-order valence-electron chi connectivity index (χ0n) is 14.6. The van der Waals surface area contributed by atoms with Gasteiger partial charge in [-0.15, -0.1) is 0 Å². The van der Waals surface area contributed by atoms with Crippen LogP contribution in [-0.4, -0.2) is 49.4 Å². The van der Waals surface area contributed by atoms with E-state index in [1.807, 2.05) is 22.9 Å². The SMILES string of the molecule is CN.OCC1CCC(n2c(NCc3cccnc3)nc3cncnc32)O1. The summed E-state index contributed by atoms with van der Waals surface area (Å²) in [5.41, 5.74) is 6.99. The third kappa shape index (κ3) is 3.79. The van der Waals surface area contributed by atoms with Gasteiger partial charge in [-0.25, -0.2) is 15.0 Å². The molecule has 0 aliphatic carbocycles. The smallest absolute Gasteiger partial charge is 0.207 e. The number of aromatic nitrogens is 5. The lowest BCUT2D eigenvalue weighted by Gasteiger charge is -2.17. The van der Waals surface area contributed by atoms with Gasteiger partial charge in [0.1, 0.15) is 18.1 Å². The van der Waals surface area contributed by atoms with Gasteiger partial charge in [0, 0.05) is 18.9 Å². The number of rotatable bonds is 5. The van der Waals surface area contributed by atoms with Crippen molar-refractivity contribution in [1.82, 2.24) is 24.5 Å². The van der Waals surface area contributed by atoms with Crippen molar-refractivity contribution in [3.63, 3.8) is 0 Å². The lowest BCUT2D eigenvalue weighted by Crippen LogP contribution is -2.17. The molecule has 3 aromatic rings. The fraction of sp³-hybridized carbons (Fsp3) is 0.412. The van der Waals surface area contributed by atoms with E-state index in [0.29, 0.717) is 18.0 Å². The minimum atomic E-state index is -0.196. The number of hydrogen-bond donors (Lipinski definition) is 3. The Hall–Kier alpha value is -2.62. The molecular weight excluding hydrogens is 334 g/mol. The number of pyridine rings is 1. The van der Waals surface area contributed by atoms with Gasteiger partial charge in [0.05, 0.1) is 18.9 Å². The average Bonchev–Trinajstić information content (AvgIpc) is 3.32. The first-order valence-electron chi connectivity index (χ1n) is 8.50. The maximum Gasteiger partial charge on any atom is 0.207 e. The van der Waals surface area contributed by atoms with Gasteiger partial charge in [0.25, 0.3) is 0 Å². The van der Waals surface area contributed by atoms with E-state index in [-0.39, 0.29) is 18.9 Å². The highest BCUT2D eigenvalue weighted by Crippen LogP contribution is 2.33. The molecule has 0 amide bonds. The molecule has 3 aromatic heterocycles. The summed E-state index contributed by atoms with van der Waals surface area (Å²) in [6.45, 7) is 0.622. The van der Waals surface area contributed by atoms with Crippen LogP contribution in [0.5, 0.6) is 0 Å². The Morgan fingerprint density at radius 1 is 1.31 bits per heavy atom. The van der Waals surface area contributed by atoms with E-state index in [4.69, 9.17) is 4.74 Å². The Kier molecular flexibility index (Phi) is 6.05. The normalized spacial score (nSPS) is 19.2. The Bertz CT molecular complexity index is 824. The molecule has 2 atom stereocenters. The van der Waals surface area contributed by atoms with Crippen molar-refractivity contribution >= 4 is 17.1 Å². The fourth-order valence-corrected chi connectivity index (χ4v) is 2.94. The first kappa shape index (κ1) is 18.2. The minimum Gasteiger partial charge on any atom is -0.394 e. The fourth-order valence-electron chi connectivity index (χ4n) is 2.94. The zero-order chi connectivity index (χ0) is 18.4. The van der Waals surface area contributed by atoms with E-state index in [1.54, 1.807) is 12.4 Å². The molecule has 1 fully saturated rings. The predicted octanol–water partition coefficient (Wildman–Crippen LogP) is 1.08. The predicted molar refractivity (Wildman–Crippen MR) is 97.2 cm³/mol. The van der Waals surface area contributed by atoms with Crippen LogP contribution >= 0.6 is 0 Å². The van der Waals surface area contributed by atoms with E-state index in [9.17, 15) is 5.11 Å². The molecular formula is C17H23N7O2. The van der Waals surface area contributed by atoms with Crippen molar-refractivity contribution < 1.29 is 9.84 Å². The van der Waals surface area contributed by atoms with Crippen LogP contribution in [0.25, 0.3) is 11.2 Å². The van der Waals surface area contributed by atoms with Crippen LogP contribution in [0.2, 0.25) is 0 Å². The van der Waals surface area contributed by atoms with Crippen LogP contribution in [0.4, 0.5) is 5.95 Å². The lowest BCUT2D eigenvalue weighted by atomic mass is 10.2. The Balaban J connectivity index is 0.000000948. The molecule has 26 heavy (non-hydrogen) atoms. The first-order valence-corrected chi connectivity index (χ1v) is 8.50. The van der Waals surface area contributed by atoms with Crippen molar-refractivity contribution in [2.45, 2.75) is 31.7 Å². The first-order chi connectivity index (χ1) is 12.8. The van der Waals surface area contributed by atoms with Gasteiger partial charge in [-0.1, -0.05) is 6.07 Å². The average molecular weight is 357 g/mol. The highest BCUT2D eigenvalue weighted by atomic mass is 16.5. The summed E-state index contributed by atoms with van der Waals surface area (Å²) in [6, 6.07) is 3.90. The molecule has 0 saturated carbocycles. The van der Waals surface area contributed by atoms with E-state index < -0.39 is 0 Å². The second kappa shape index (κ2) is 8.65. The number of hydrogen-bond acceptors (Lipinski definition) is 8. The van der Waals surface area contributed by atoms with Crippen molar-refractivity contribution in [3.8, 4) is 0 Å². The number of fused-ring (bicyclic) bond motifs is 1. The maximum atomic E-state index is 9.32. The molecule has 9 heteroatoms. The molecule has 4 N–H and O–H groups in total. The number of ether oxygens (including phenoxy) is 1. The minimum absolute atomic E-state index is 0.0244. The van der Waals surface area contributed by atoms with Gasteiger partial charge in [-0.2, -0.15) is 0 Å². The van der Waals surface area contributed by atoms with E-state index >= 15 is 0 Å². The van der Waals surface area contributed by atoms with Gasteiger partial charge < -0.3 is 20.9 Å². The molecule has 4 rings (SSSR count). The number of aliphatic hydroxyl groups is 1. The molecule has 0 aromatic carbocycles. The van der Waals surface area contributed by atoms with Crippen LogP contribution in [0.3, 0.4) is 0 Å². The molecule has 1 aliphatic heterocycles. The Morgan fingerprint density at radius 3 is 2.92 bits per heavy atom. The van der Waals surface area contributed by atoms with Crippen LogP contribution in [0.1, 0.15) is 24.6 Å². The summed E-state index contributed by atoms with van der Waals surface area (Å²) >= 11 is 0. The summed E-state index contributed by atoms with van der Waals surface area (Å²) in [7, 11) is 1.50. The largest absolute Gasteiger partial charge is 0.394 e. The highest BCUT2D eigenvalue weighted by molar-refractivity contribution is 5.73.